The number of thioether (sulfide) groups is 1. The first-order chi connectivity index (χ1) is 9.20. The van der Waals surface area contributed by atoms with Crippen molar-refractivity contribution in [2.75, 3.05) is 11.5 Å². The summed E-state index contributed by atoms with van der Waals surface area (Å²) in [6, 6.07) is 0. The van der Waals surface area contributed by atoms with Gasteiger partial charge in [0.2, 0.25) is 5.95 Å². The fraction of sp³-hybridized carbons (Fsp3) is 0.692. The molecule has 1 unspecified atom stereocenters. The molecule has 104 valence electrons. The maximum atomic E-state index is 6.11. The minimum absolute atomic E-state index is 0.629. The normalized spacial score (nSPS) is 20.2. The van der Waals surface area contributed by atoms with Crippen molar-refractivity contribution in [3.63, 3.8) is 0 Å². The quantitative estimate of drug-likeness (QED) is 0.935. The number of anilines is 1. The van der Waals surface area contributed by atoms with Crippen molar-refractivity contribution in [2.45, 2.75) is 44.4 Å². The van der Waals surface area contributed by atoms with Gasteiger partial charge in [-0.15, -0.1) is 0 Å². The van der Waals surface area contributed by atoms with Gasteiger partial charge in [-0.2, -0.15) is 16.9 Å². The summed E-state index contributed by atoms with van der Waals surface area (Å²) in [6.45, 7) is 3.06. The lowest BCUT2D eigenvalue weighted by Crippen LogP contribution is -2.19. The third-order valence-corrected chi connectivity index (χ3v) is 5.20. The number of hydrogen-bond donors (Lipinski definition) is 1. The van der Waals surface area contributed by atoms with Crippen LogP contribution in [0.2, 0.25) is 0 Å². The number of aryl methyl sites for hydroxylation is 2. The van der Waals surface area contributed by atoms with Gasteiger partial charge in [0, 0.05) is 18.8 Å². The van der Waals surface area contributed by atoms with Crippen LogP contribution in [0.5, 0.6) is 0 Å². The van der Waals surface area contributed by atoms with Crippen molar-refractivity contribution >= 4 is 28.9 Å². The molecule has 6 heteroatoms. The Kier molecular flexibility index (Phi) is 3.43. The molecule has 2 aromatic rings. The number of aromatic nitrogens is 4. The summed E-state index contributed by atoms with van der Waals surface area (Å²) in [4.78, 5) is 4.52. The summed E-state index contributed by atoms with van der Waals surface area (Å²) in [5.74, 6) is 1.90. The molecular formula is C13H21N5S. The molecule has 1 aliphatic heterocycles. The average Bonchev–Trinajstić information content (AvgIpc) is 2.90. The minimum Gasteiger partial charge on any atom is -0.369 e. The maximum absolute atomic E-state index is 6.11. The summed E-state index contributed by atoms with van der Waals surface area (Å²) in [5.41, 5.74) is 9.20. The van der Waals surface area contributed by atoms with Crippen LogP contribution in [0.1, 0.15) is 31.9 Å². The van der Waals surface area contributed by atoms with Gasteiger partial charge < -0.3 is 5.73 Å². The second-order valence-electron chi connectivity index (χ2n) is 5.17. The van der Waals surface area contributed by atoms with Gasteiger partial charge in [-0.3, -0.25) is 9.25 Å². The third-order valence-electron chi connectivity index (χ3n) is 3.82. The van der Waals surface area contributed by atoms with Gasteiger partial charge in [-0.05, 0) is 25.0 Å². The van der Waals surface area contributed by atoms with Crippen molar-refractivity contribution < 1.29 is 0 Å². The van der Waals surface area contributed by atoms with Crippen LogP contribution in [0.4, 0.5) is 5.95 Å². The molecule has 1 atom stereocenters. The summed E-state index contributed by atoms with van der Waals surface area (Å²) < 4.78 is 4.06. The van der Waals surface area contributed by atoms with Gasteiger partial charge in [0.05, 0.1) is 5.69 Å². The van der Waals surface area contributed by atoms with Gasteiger partial charge >= 0.3 is 0 Å². The van der Waals surface area contributed by atoms with E-state index >= 15 is 0 Å². The van der Waals surface area contributed by atoms with E-state index in [1.165, 1.54) is 25.0 Å². The molecule has 3 heterocycles. The predicted octanol–water partition coefficient (Wildman–Crippen LogP) is 2.20. The van der Waals surface area contributed by atoms with Crippen molar-refractivity contribution in [2.24, 2.45) is 7.05 Å². The van der Waals surface area contributed by atoms with Crippen molar-refractivity contribution in [1.29, 1.82) is 0 Å². The minimum atomic E-state index is 0.629. The number of hydrogen-bond acceptors (Lipinski definition) is 4. The van der Waals surface area contributed by atoms with Crippen molar-refractivity contribution in [1.82, 2.24) is 19.3 Å². The van der Waals surface area contributed by atoms with E-state index in [-0.39, 0.29) is 0 Å². The molecule has 3 rings (SSSR count). The fourth-order valence-electron chi connectivity index (χ4n) is 2.83. The Morgan fingerprint density at radius 2 is 2.26 bits per heavy atom. The number of fused-ring (bicyclic) bond motifs is 1. The monoisotopic (exact) mass is 279 g/mol. The first-order valence-corrected chi connectivity index (χ1v) is 8.04. The molecule has 5 nitrogen and oxygen atoms in total. The van der Waals surface area contributed by atoms with Crippen LogP contribution < -0.4 is 5.73 Å². The van der Waals surface area contributed by atoms with E-state index in [0.29, 0.717) is 11.2 Å². The molecule has 1 saturated heterocycles. The third kappa shape index (κ3) is 2.22. The molecule has 1 aliphatic rings. The Balaban J connectivity index is 1.97. The average molecular weight is 279 g/mol. The highest BCUT2D eigenvalue weighted by Gasteiger charge is 2.21. The standard InChI is InChI=1S/C13H21N5S/c1-3-10-11-12(17(2)16-10)18(13(14)15-11)8-9-6-4-5-7-19-9/h9H,3-8H2,1-2H3,(H2,14,15). The molecule has 19 heavy (non-hydrogen) atoms. The summed E-state index contributed by atoms with van der Waals surface area (Å²) in [5, 5.41) is 5.19. The van der Waals surface area contributed by atoms with E-state index in [0.717, 1.165) is 29.8 Å². The van der Waals surface area contributed by atoms with Gasteiger partial charge in [-0.1, -0.05) is 13.3 Å². The predicted molar refractivity (Wildman–Crippen MR) is 80.4 cm³/mol. The first kappa shape index (κ1) is 12.8. The first-order valence-electron chi connectivity index (χ1n) is 7.00. The number of rotatable bonds is 3. The van der Waals surface area contributed by atoms with Crippen LogP contribution in [-0.2, 0) is 20.0 Å². The Morgan fingerprint density at radius 1 is 1.42 bits per heavy atom. The number of imidazole rings is 1. The summed E-state index contributed by atoms with van der Waals surface area (Å²) in [6.07, 6.45) is 4.86. The highest BCUT2D eigenvalue weighted by molar-refractivity contribution is 7.99. The molecule has 0 saturated carbocycles. The molecule has 0 spiro atoms. The molecule has 0 aromatic carbocycles. The van der Waals surface area contributed by atoms with Gasteiger partial charge in [0.15, 0.2) is 5.65 Å². The van der Waals surface area contributed by atoms with E-state index in [4.69, 9.17) is 5.73 Å². The van der Waals surface area contributed by atoms with E-state index < -0.39 is 0 Å². The van der Waals surface area contributed by atoms with Crippen molar-refractivity contribution in [3.8, 4) is 0 Å². The van der Waals surface area contributed by atoms with Gasteiger partial charge in [0.25, 0.3) is 0 Å². The van der Waals surface area contributed by atoms with Crippen LogP contribution in [-0.4, -0.2) is 30.3 Å². The lowest BCUT2D eigenvalue weighted by molar-refractivity contribution is 0.585. The molecule has 1 fully saturated rings. The van der Waals surface area contributed by atoms with Crippen molar-refractivity contribution in [3.05, 3.63) is 5.69 Å². The lowest BCUT2D eigenvalue weighted by atomic mass is 10.2. The molecular weight excluding hydrogens is 258 g/mol. The topological polar surface area (TPSA) is 61.7 Å². The second kappa shape index (κ2) is 5.07. The maximum Gasteiger partial charge on any atom is 0.202 e. The largest absolute Gasteiger partial charge is 0.369 e. The fourth-order valence-corrected chi connectivity index (χ4v) is 4.12. The van der Waals surface area contributed by atoms with E-state index in [2.05, 4.69) is 33.3 Å². The Bertz CT molecular complexity index is 579. The molecule has 0 radical (unpaired) electrons. The molecule has 0 amide bonds. The SMILES string of the molecule is CCc1nn(C)c2c1nc(N)n2CC1CCCCS1. The Labute approximate surface area is 117 Å². The van der Waals surface area contributed by atoms with Gasteiger partial charge in [-0.25, -0.2) is 4.98 Å². The Morgan fingerprint density at radius 3 is 2.95 bits per heavy atom. The molecule has 2 aromatic heterocycles. The van der Waals surface area contributed by atoms with Crippen LogP contribution in [0.25, 0.3) is 11.2 Å². The highest BCUT2D eigenvalue weighted by Crippen LogP contribution is 2.29. The molecule has 2 N–H and O–H groups in total. The lowest BCUT2D eigenvalue weighted by Gasteiger charge is -2.22. The Hall–Kier alpha value is -1.17. The number of nitrogens with two attached hydrogens (primary N) is 1. The van der Waals surface area contributed by atoms with Gasteiger partial charge in [0.1, 0.15) is 5.52 Å². The zero-order chi connectivity index (χ0) is 13.4. The summed E-state index contributed by atoms with van der Waals surface area (Å²) in [7, 11) is 1.98. The van der Waals surface area contributed by atoms with E-state index in [1.54, 1.807) is 0 Å². The number of nitrogen functional groups attached to an aromatic ring is 1. The van der Waals surface area contributed by atoms with E-state index in [1.807, 2.05) is 11.7 Å². The number of nitrogens with zero attached hydrogens (tertiary/aromatic N) is 4. The highest BCUT2D eigenvalue weighted by atomic mass is 32.2. The summed E-state index contributed by atoms with van der Waals surface area (Å²) >= 11 is 2.06. The van der Waals surface area contributed by atoms with E-state index in [9.17, 15) is 0 Å². The van der Waals surface area contributed by atoms with Crippen LogP contribution >= 0.6 is 11.8 Å². The van der Waals surface area contributed by atoms with Crippen LogP contribution in [0, 0.1) is 0 Å². The zero-order valence-electron chi connectivity index (χ0n) is 11.6. The molecule has 0 aliphatic carbocycles. The van der Waals surface area contributed by atoms with Crippen LogP contribution in [0.15, 0.2) is 0 Å². The smallest absolute Gasteiger partial charge is 0.202 e. The zero-order valence-corrected chi connectivity index (χ0v) is 12.4. The second-order valence-corrected chi connectivity index (χ2v) is 6.57. The molecule has 0 bridgehead atoms. The van der Waals surface area contributed by atoms with Crippen LogP contribution in [0.3, 0.4) is 0 Å².